The smallest absolute Gasteiger partial charge is 0.227 e. The molecule has 0 unspecified atom stereocenters. The number of anilines is 1. The zero-order valence-corrected chi connectivity index (χ0v) is 23.0. The van der Waals surface area contributed by atoms with E-state index in [9.17, 15) is 8.78 Å². The maximum atomic E-state index is 13.9. The first-order valence-corrected chi connectivity index (χ1v) is 14.3. The van der Waals surface area contributed by atoms with Gasteiger partial charge in [0, 0.05) is 31.7 Å². The third-order valence-electron chi connectivity index (χ3n) is 8.21. The standard InChI is InChI=1S/C30H36F2N8/c1-3-25-18-39(30-33-16-27-29(36-30)40(19-34-27)37-35-15-20-5-6-20)26(4-2)17-38(25)28(21-7-11-23(31)12-8-21)22-9-13-24(32)14-10-22/h7-14,16,19-20,25-26,28,35,37H,3-6,15,17-18H2,1-2H3/t25-,26+/m1/s1. The Balaban J connectivity index is 1.30. The van der Waals surface area contributed by atoms with Crippen molar-refractivity contribution in [1.29, 1.82) is 0 Å². The first kappa shape index (κ1) is 26.6. The monoisotopic (exact) mass is 546 g/mol. The summed E-state index contributed by atoms with van der Waals surface area (Å²) in [6.07, 6.45) is 7.86. The Morgan fingerprint density at radius 3 is 2.12 bits per heavy atom. The van der Waals surface area contributed by atoms with E-state index in [2.05, 4.69) is 39.6 Å². The summed E-state index contributed by atoms with van der Waals surface area (Å²) in [4.78, 5) is 18.9. The van der Waals surface area contributed by atoms with Gasteiger partial charge in [-0.2, -0.15) is 4.98 Å². The van der Waals surface area contributed by atoms with Crippen molar-refractivity contribution in [3.8, 4) is 0 Å². The highest BCUT2D eigenvalue weighted by atomic mass is 19.1. The fourth-order valence-corrected chi connectivity index (χ4v) is 5.73. The molecule has 2 atom stereocenters. The average Bonchev–Trinajstić information content (AvgIpc) is 3.72. The van der Waals surface area contributed by atoms with E-state index in [1.54, 1.807) is 12.5 Å². The minimum atomic E-state index is -0.270. The summed E-state index contributed by atoms with van der Waals surface area (Å²) >= 11 is 0. The maximum absolute atomic E-state index is 13.9. The molecule has 2 fully saturated rings. The van der Waals surface area contributed by atoms with E-state index < -0.39 is 0 Å². The Kier molecular flexibility index (Phi) is 7.62. The molecule has 0 spiro atoms. The Hall–Kier alpha value is -3.63. The molecule has 1 aliphatic heterocycles. The van der Waals surface area contributed by atoms with Crippen LogP contribution in [0.5, 0.6) is 0 Å². The molecule has 1 aliphatic carbocycles. The van der Waals surface area contributed by atoms with Crippen molar-refractivity contribution in [2.24, 2.45) is 5.92 Å². The van der Waals surface area contributed by atoms with Crippen LogP contribution < -0.4 is 15.9 Å². The van der Waals surface area contributed by atoms with Gasteiger partial charge in [0.15, 0.2) is 5.65 Å². The normalized spacial score (nSPS) is 20.0. The number of imidazole rings is 1. The highest BCUT2D eigenvalue weighted by Gasteiger charge is 2.38. The van der Waals surface area contributed by atoms with E-state index >= 15 is 0 Å². The topological polar surface area (TPSA) is 74.1 Å². The number of piperazine rings is 1. The number of benzene rings is 2. The molecule has 210 valence electrons. The summed E-state index contributed by atoms with van der Waals surface area (Å²) in [6.45, 7) is 6.78. The van der Waals surface area contributed by atoms with Gasteiger partial charge in [0.25, 0.3) is 0 Å². The van der Waals surface area contributed by atoms with E-state index in [4.69, 9.17) is 9.97 Å². The molecule has 0 bridgehead atoms. The number of aromatic nitrogens is 4. The molecule has 0 amide bonds. The number of nitrogens with zero attached hydrogens (tertiary/aromatic N) is 6. The zero-order valence-electron chi connectivity index (χ0n) is 23.0. The van der Waals surface area contributed by atoms with E-state index in [-0.39, 0.29) is 29.8 Å². The van der Waals surface area contributed by atoms with E-state index in [1.807, 2.05) is 28.9 Å². The lowest BCUT2D eigenvalue weighted by molar-refractivity contribution is 0.110. The van der Waals surface area contributed by atoms with E-state index in [1.165, 1.54) is 37.1 Å². The number of rotatable bonds is 10. The molecule has 1 saturated carbocycles. The number of hydrazine groups is 1. The van der Waals surface area contributed by atoms with Gasteiger partial charge in [-0.05, 0) is 67.0 Å². The quantitative estimate of drug-likeness (QED) is 0.270. The van der Waals surface area contributed by atoms with Crippen LogP contribution in [0.25, 0.3) is 11.2 Å². The Morgan fingerprint density at radius 1 is 0.875 bits per heavy atom. The lowest BCUT2D eigenvalue weighted by atomic mass is 9.92. The summed E-state index contributed by atoms with van der Waals surface area (Å²) in [7, 11) is 0. The van der Waals surface area contributed by atoms with Gasteiger partial charge in [0.2, 0.25) is 5.95 Å². The highest BCUT2D eigenvalue weighted by molar-refractivity contribution is 5.71. The Morgan fingerprint density at radius 2 is 1.52 bits per heavy atom. The Bertz CT molecular complexity index is 1370. The van der Waals surface area contributed by atoms with Crippen molar-refractivity contribution in [2.75, 3.05) is 30.1 Å². The first-order chi connectivity index (χ1) is 19.5. The lowest BCUT2D eigenvalue weighted by Crippen LogP contribution is -2.59. The molecule has 4 aromatic rings. The summed E-state index contributed by atoms with van der Waals surface area (Å²) in [5.41, 5.74) is 9.93. The predicted molar refractivity (Wildman–Crippen MR) is 152 cm³/mol. The van der Waals surface area contributed by atoms with Crippen LogP contribution in [0.3, 0.4) is 0 Å². The number of nitrogens with one attached hydrogen (secondary N) is 2. The molecule has 1 saturated heterocycles. The Labute approximate surface area is 233 Å². The SMILES string of the molecule is CC[C@H]1CN(C(c2ccc(F)cc2)c2ccc(F)cc2)[C@H](CC)CN1c1ncc2ncn(NNCC3CC3)c2n1. The van der Waals surface area contributed by atoms with E-state index in [0.717, 1.165) is 60.7 Å². The lowest BCUT2D eigenvalue weighted by Gasteiger charge is -2.49. The molecule has 2 aromatic heterocycles. The van der Waals surface area contributed by atoms with Crippen molar-refractivity contribution in [1.82, 2.24) is 30.0 Å². The van der Waals surface area contributed by atoms with Gasteiger partial charge in [0.1, 0.15) is 23.5 Å². The van der Waals surface area contributed by atoms with Gasteiger partial charge in [-0.25, -0.2) is 28.9 Å². The van der Waals surface area contributed by atoms with Gasteiger partial charge >= 0.3 is 0 Å². The third-order valence-corrected chi connectivity index (χ3v) is 8.21. The second kappa shape index (κ2) is 11.5. The second-order valence-corrected chi connectivity index (χ2v) is 10.9. The number of hydrogen-bond donors (Lipinski definition) is 2. The molecule has 0 radical (unpaired) electrons. The van der Waals surface area contributed by atoms with Gasteiger partial charge in [-0.1, -0.05) is 38.1 Å². The fraction of sp³-hybridized carbons (Fsp3) is 0.433. The van der Waals surface area contributed by atoms with Crippen molar-refractivity contribution in [3.63, 3.8) is 0 Å². The summed E-state index contributed by atoms with van der Waals surface area (Å²) in [5, 5.41) is 0. The largest absolute Gasteiger partial charge is 0.335 e. The van der Waals surface area contributed by atoms with Crippen LogP contribution >= 0.6 is 0 Å². The number of fused-ring (bicyclic) bond motifs is 1. The molecular formula is C30H36F2N8. The highest BCUT2D eigenvalue weighted by Crippen LogP contribution is 2.36. The van der Waals surface area contributed by atoms with Crippen LogP contribution in [0, 0.1) is 17.6 Å². The van der Waals surface area contributed by atoms with Crippen LogP contribution in [-0.2, 0) is 0 Å². The number of halogens is 2. The minimum absolute atomic E-state index is 0.131. The van der Waals surface area contributed by atoms with Crippen molar-refractivity contribution < 1.29 is 8.78 Å². The van der Waals surface area contributed by atoms with Crippen molar-refractivity contribution in [3.05, 3.63) is 83.8 Å². The van der Waals surface area contributed by atoms with Gasteiger partial charge in [0.05, 0.1) is 12.2 Å². The zero-order chi connectivity index (χ0) is 27.6. The van der Waals surface area contributed by atoms with Gasteiger partial charge in [-0.3, -0.25) is 10.4 Å². The molecule has 6 rings (SSSR count). The minimum Gasteiger partial charge on any atom is -0.335 e. The predicted octanol–water partition coefficient (Wildman–Crippen LogP) is 5.03. The number of hydrogen-bond acceptors (Lipinski definition) is 7. The molecule has 10 heteroatoms. The second-order valence-electron chi connectivity index (χ2n) is 10.9. The van der Waals surface area contributed by atoms with Crippen LogP contribution in [0.4, 0.5) is 14.7 Å². The van der Waals surface area contributed by atoms with Crippen molar-refractivity contribution >= 4 is 17.1 Å². The summed E-state index contributed by atoms with van der Waals surface area (Å²) < 4.78 is 29.6. The molecule has 2 N–H and O–H groups in total. The van der Waals surface area contributed by atoms with Crippen LogP contribution in [0.2, 0.25) is 0 Å². The molecule has 8 nitrogen and oxygen atoms in total. The van der Waals surface area contributed by atoms with Crippen LogP contribution in [0.15, 0.2) is 61.1 Å². The third kappa shape index (κ3) is 5.51. The van der Waals surface area contributed by atoms with Gasteiger partial charge in [-0.15, -0.1) is 0 Å². The summed E-state index contributed by atoms with van der Waals surface area (Å²) in [6, 6.07) is 13.6. The van der Waals surface area contributed by atoms with Crippen molar-refractivity contribution in [2.45, 2.75) is 57.7 Å². The molecule has 3 heterocycles. The first-order valence-electron chi connectivity index (χ1n) is 14.3. The maximum Gasteiger partial charge on any atom is 0.227 e. The summed E-state index contributed by atoms with van der Waals surface area (Å²) in [5.74, 6) is 0.889. The molecular weight excluding hydrogens is 510 g/mol. The average molecular weight is 547 g/mol. The van der Waals surface area contributed by atoms with Crippen LogP contribution in [-0.4, -0.2) is 56.2 Å². The van der Waals surface area contributed by atoms with Crippen LogP contribution in [0.1, 0.15) is 56.7 Å². The van der Waals surface area contributed by atoms with Gasteiger partial charge < -0.3 is 4.90 Å². The molecule has 2 aromatic carbocycles. The molecule has 2 aliphatic rings. The fourth-order valence-electron chi connectivity index (χ4n) is 5.73. The molecule has 40 heavy (non-hydrogen) atoms. The van der Waals surface area contributed by atoms with E-state index in [0.29, 0.717) is 5.95 Å².